The number of hydrogen-bond donors (Lipinski definition) is 3. The number of hydrogen-bond acceptors (Lipinski definition) is 7. The van der Waals surface area contributed by atoms with Crippen LogP contribution in [0.2, 0.25) is 0 Å². The van der Waals surface area contributed by atoms with Crippen LogP contribution in [-0.4, -0.2) is 85.6 Å². The minimum Gasteiger partial charge on any atom is -0.489 e. The fourth-order valence-corrected chi connectivity index (χ4v) is 3.22. The lowest BCUT2D eigenvalue weighted by Gasteiger charge is -2.26. The van der Waals surface area contributed by atoms with Gasteiger partial charge in [-0.2, -0.15) is 0 Å². The third-order valence-corrected chi connectivity index (χ3v) is 4.73. The number of nitrogens with zero attached hydrogens (tertiary/aromatic N) is 1. The molecular weight excluding hydrogens is 378 g/mol. The second-order valence-electron chi connectivity index (χ2n) is 6.85. The number of carbonyl (C=O) groups is 2. The lowest BCUT2D eigenvalue weighted by atomic mass is 10.2. The van der Waals surface area contributed by atoms with Crippen molar-refractivity contribution in [3.05, 3.63) is 30.5 Å². The quantitative estimate of drug-likeness (QED) is 0.303. The maximum Gasteiger partial charge on any atom is 0.417 e. The number of carbonyl (C=O) groups excluding carboxylic acids is 1. The van der Waals surface area contributed by atoms with Crippen molar-refractivity contribution in [3.8, 4) is 5.75 Å². The Labute approximate surface area is 168 Å². The lowest BCUT2D eigenvalue weighted by molar-refractivity contribution is -0.168. The summed E-state index contributed by atoms with van der Waals surface area (Å²) in [6.07, 6.45) is 2.04. The predicted octanol–water partition coefficient (Wildman–Crippen LogP) is 0.855. The van der Waals surface area contributed by atoms with Crippen molar-refractivity contribution >= 4 is 22.8 Å². The molecule has 0 saturated carbocycles. The van der Waals surface area contributed by atoms with Gasteiger partial charge in [0.05, 0.1) is 13.2 Å². The van der Waals surface area contributed by atoms with Gasteiger partial charge in [-0.15, -0.1) is 0 Å². The van der Waals surface area contributed by atoms with Gasteiger partial charge in [0.2, 0.25) is 0 Å². The summed E-state index contributed by atoms with van der Waals surface area (Å²) >= 11 is 0. The fraction of sp³-hybridized carbons (Fsp3) is 0.500. The van der Waals surface area contributed by atoms with Crippen molar-refractivity contribution in [1.29, 1.82) is 0 Å². The van der Waals surface area contributed by atoms with E-state index in [9.17, 15) is 9.59 Å². The zero-order valence-corrected chi connectivity index (χ0v) is 16.3. The monoisotopic (exact) mass is 405 g/mol. The van der Waals surface area contributed by atoms with E-state index in [-0.39, 0.29) is 6.61 Å². The van der Waals surface area contributed by atoms with Crippen LogP contribution in [0, 0.1) is 0 Å². The van der Waals surface area contributed by atoms with E-state index in [1.165, 1.54) is 0 Å². The molecule has 0 amide bonds. The molecule has 0 unspecified atom stereocenters. The molecule has 1 aromatic heterocycles. The molecule has 29 heavy (non-hydrogen) atoms. The summed E-state index contributed by atoms with van der Waals surface area (Å²) in [7, 11) is 0. The SMILES string of the molecule is O=C(O)C(=O)O[C@@H](CNCCCN1CCOCC1)COc1cccc2[nH]ccc12. The number of carboxylic acid groups (broad SMARTS) is 1. The van der Waals surface area contributed by atoms with Gasteiger partial charge in [0.1, 0.15) is 18.5 Å². The van der Waals surface area contributed by atoms with E-state index in [0.29, 0.717) is 12.3 Å². The lowest BCUT2D eigenvalue weighted by Crippen LogP contribution is -2.40. The van der Waals surface area contributed by atoms with E-state index in [1.807, 2.05) is 30.5 Å². The van der Waals surface area contributed by atoms with Gasteiger partial charge in [-0.1, -0.05) is 6.07 Å². The standard InChI is InChI=1S/C20H27N3O6/c24-19(25)20(26)29-15(13-21-6-2-8-23-9-11-27-12-10-23)14-28-18-4-1-3-17-16(18)5-7-22-17/h1,3-5,7,15,21-22H,2,6,8-14H2,(H,24,25)/t15-/m0/s1. The number of nitrogens with one attached hydrogen (secondary N) is 2. The predicted molar refractivity (Wildman–Crippen MR) is 106 cm³/mol. The van der Waals surface area contributed by atoms with Crippen LogP contribution < -0.4 is 10.1 Å². The molecule has 3 rings (SSSR count). The molecule has 1 saturated heterocycles. The number of ether oxygens (including phenoxy) is 3. The smallest absolute Gasteiger partial charge is 0.417 e. The molecule has 1 aliphatic heterocycles. The number of fused-ring (bicyclic) bond motifs is 1. The highest BCUT2D eigenvalue weighted by atomic mass is 16.6. The highest BCUT2D eigenvalue weighted by Gasteiger charge is 2.21. The third-order valence-electron chi connectivity index (χ3n) is 4.73. The minimum atomic E-state index is -1.62. The van der Waals surface area contributed by atoms with E-state index in [4.69, 9.17) is 19.3 Å². The van der Waals surface area contributed by atoms with Crippen LogP contribution in [-0.2, 0) is 19.1 Å². The number of aliphatic carboxylic acids is 1. The van der Waals surface area contributed by atoms with Crippen molar-refractivity contribution < 1.29 is 28.9 Å². The van der Waals surface area contributed by atoms with E-state index >= 15 is 0 Å². The summed E-state index contributed by atoms with van der Waals surface area (Å²) < 4.78 is 16.2. The maximum atomic E-state index is 11.5. The molecule has 1 fully saturated rings. The van der Waals surface area contributed by atoms with Crippen LogP contribution in [0.4, 0.5) is 0 Å². The first-order valence-electron chi connectivity index (χ1n) is 9.77. The third kappa shape index (κ3) is 6.45. The number of aromatic nitrogens is 1. The molecule has 1 atom stereocenters. The maximum absolute atomic E-state index is 11.5. The van der Waals surface area contributed by atoms with Gasteiger partial charge in [0.25, 0.3) is 0 Å². The van der Waals surface area contributed by atoms with Gasteiger partial charge >= 0.3 is 11.9 Å². The largest absolute Gasteiger partial charge is 0.489 e. The molecule has 1 aromatic carbocycles. The normalized spacial score (nSPS) is 15.9. The molecule has 2 heterocycles. The van der Waals surface area contributed by atoms with Crippen LogP contribution in [0.3, 0.4) is 0 Å². The van der Waals surface area contributed by atoms with Gasteiger partial charge < -0.3 is 29.6 Å². The van der Waals surface area contributed by atoms with Crippen molar-refractivity contribution in [2.45, 2.75) is 12.5 Å². The Balaban J connectivity index is 1.47. The second-order valence-corrected chi connectivity index (χ2v) is 6.85. The summed E-state index contributed by atoms with van der Waals surface area (Å²) in [6, 6.07) is 7.51. The first-order chi connectivity index (χ1) is 14.1. The van der Waals surface area contributed by atoms with Crippen molar-refractivity contribution in [1.82, 2.24) is 15.2 Å². The molecule has 0 aliphatic carbocycles. The first-order valence-corrected chi connectivity index (χ1v) is 9.77. The minimum absolute atomic E-state index is 0.0553. The summed E-state index contributed by atoms with van der Waals surface area (Å²) in [6.45, 7) is 5.48. The zero-order chi connectivity index (χ0) is 20.5. The molecule has 9 nitrogen and oxygen atoms in total. The van der Waals surface area contributed by atoms with Crippen molar-refractivity contribution in [2.24, 2.45) is 0 Å². The van der Waals surface area contributed by atoms with Gasteiger partial charge in [0.15, 0.2) is 0 Å². The molecule has 1 aliphatic rings. The Morgan fingerprint density at radius 1 is 1.28 bits per heavy atom. The number of esters is 1. The topological polar surface area (TPSA) is 113 Å². The zero-order valence-electron chi connectivity index (χ0n) is 16.3. The van der Waals surface area contributed by atoms with Gasteiger partial charge in [0, 0.05) is 36.7 Å². The highest BCUT2D eigenvalue weighted by Crippen LogP contribution is 2.24. The highest BCUT2D eigenvalue weighted by molar-refractivity contribution is 6.28. The molecule has 9 heteroatoms. The summed E-state index contributed by atoms with van der Waals surface area (Å²) in [5.74, 6) is -2.25. The molecule has 0 radical (unpaired) electrons. The Morgan fingerprint density at radius 2 is 2.10 bits per heavy atom. The van der Waals surface area contributed by atoms with Crippen LogP contribution in [0.25, 0.3) is 10.9 Å². The van der Waals surface area contributed by atoms with Crippen LogP contribution in [0.1, 0.15) is 6.42 Å². The van der Waals surface area contributed by atoms with Gasteiger partial charge in [-0.05, 0) is 37.7 Å². The number of H-pyrrole nitrogens is 1. The number of benzene rings is 1. The average molecular weight is 405 g/mol. The number of rotatable bonds is 10. The number of carboxylic acids is 1. The van der Waals surface area contributed by atoms with E-state index in [1.54, 1.807) is 0 Å². The van der Waals surface area contributed by atoms with Crippen molar-refractivity contribution in [2.75, 3.05) is 52.5 Å². The van der Waals surface area contributed by atoms with E-state index in [2.05, 4.69) is 15.2 Å². The molecule has 158 valence electrons. The van der Waals surface area contributed by atoms with Crippen molar-refractivity contribution in [3.63, 3.8) is 0 Å². The average Bonchev–Trinajstić information content (AvgIpc) is 3.21. The van der Waals surface area contributed by atoms with Crippen LogP contribution >= 0.6 is 0 Å². The summed E-state index contributed by atoms with van der Waals surface area (Å²) in [4.78, 5) is 27.8. The Morgan fingerprint density at radius 3 is 2.90 bits per heavy atom. The van der Waals surface area contributed by atoms with Gasteiger partial charge in [-0.25, -0.2) is 9.59 Å². The summed E-state index contributed by atoms with van der Waals surface area (Å²) in [5.41, 5.74) is 0.933. The van der Waals surface area contributed by atoms with Crippen LogP contribution in [0.5, 0.6) is 5.75 Å². The van der Waals surface area contributed by atoms with E-state index in [0.717, 1.165) is 56.7 Å². The molecule has 0 bridgehead atoms. The van der Waals surface area contributed by atoms with E-state index < -0.39 is 18.0 Å². The Hall–Kier alpha value is -2.62. The fourth-order valence-electron chi connectivity index (χ4n) is 3.22. The molecule has 2 aromatic rings. The molecule has 3 N–H and O–H groups in total. The Bertz CT molecular complexity index is 802. The molecule has 0 spiro atoms. The van der Waals surface area contributed by atoms with Crippen LogP contribution in [0.15, 0.2) is 30.5 Å². The number of morpholine rings is 1. The summed E-state index contributed by atoms with van der Waals surface area (Å²) in [5, 5.41) is 13.0. The Kier molecular flexibility index (Phi) is 7.85. The second kappa shape index (κ2) is 10.8. The molecular formula is C20H27N3O6. The first kappa shape index (κ1) is 21.1. The number of aromatic amines is 1. The van der Waals surface area contributed by atoms with Gasteiger partial charge in [-0.3, -0.25) is 4.90 Å².